The molecule has 0 amide bonds. The van der Waals surface area contributed by atoms with E-state index in [1.165, 1.54) is 23.9 Å². The van der Waals surface area contributed by atoms with E-state index in [1.54, 1.807) is 19.4 Å². The zero-order chi connectivity index (χ0) is 15.7. The van der Waals surface area contributed by atoms with Crippen LogP contribution in [0.5, 0.6) is 5.75 Å². The highest BCUT2D eigenvalue weighted by Crippen LogP contribution is 2.28. The van der Waals surface area contributed by atoms with Crippen molar-refractivity contribution in [2.24, 2.45) is 0 Å². The van der Waals surface area contributed by atoms with Gasteiger partial charge in [-0.1, -0.05) is 11.6 Å². The molecule has 0 fully saturated rings. The summed E-state index contributed by atoms with van der Waals surface area (Å²) in [5.74, 6) is 0.376. The predicted octanol–water partition coefficient (Wildman–Crippen LogP) is 2.76. The van der Waals surface area contributed by atoms with E-state index < -0.39 is 5.82 Å². The number of hydrogen-bond donors (Lipinski definition) is 0. The molecular weight excluding hydrogens is 311 g/mol. The zero-order valence-corrected chi connectivity index (χ0v) is 12.6. The minimum Gasteiger partial charge on any atom is -0.494 e. The molecule has 1 aromatic carbocycles. The summed E-state index contributed by atoms with van der Waals surface area (Å²) in [5, 5.41) is 5.12. The smallest absolute Gasteiger partial charge is 0.168 e. The summed E-state index contributed by atoms with van der Waals surface area (Å²) in [7, 11) is 3.00. The van der Waals surface area contributed by atoms with Crippen LogP contribution in [0.3, 0.4) is 0 Å². The largest absolute Gasteiger partial charge is 0.494 e. The standard InChI is InChI=1S/C14H12ClFN4O2/c1-21-7-12-18-13(15)9-6-17-20(14(9)19-12)10-4-3-8(16)5-11(10)22-2/h3-6H,7H2,1-2H3. The summed E-state index contributed by atoms with van der Waals surface area (Å²) in [6.07, 6.45) is 1.55. The normalized spacial score (nSPS) is 11.1. The summed E-state index contributed by atoms with van der Waals surface area (Å²) in [6.45, 7) is 0.224. The summed E-state index contributed by atoms with van der Waals surface area (Å²) < 4.78 is 25.1. The van der Waals surface area contributed by atoms with Crippen molar-refractivity contribution >= 4 is 22.6 Å². The fourth-order valence-corrected chi connectivity index (χ4v) is 2.34. The molecule has 114 valence electrons. The van der Waals surface area contributed by atoms with Crippen molar-refractivity contribution in [2.75, 3.05) is 14.2 Å². The minimum absolute atomic E-state index is 0.224. The van der Waals surface area contributed by atoms with Crippen molar-refractivity contribution in [1.29, 1.82) is 0 Å². The third-order valence-corrected chi connectivity index (χ3v) is 3.36. The van der Waals surface area contributed by atoms with E-state index in [1.807, 2.05) is 0 Å². The van der Waals surface area contributed by atoms with Gasteiger partial charge in [0.05, 0.1) is 18.7 Å². The SMILES string of the molecule is COCc1nc(Cl)c2cnn(-c3ccc(F)cc3OC)c2n1. The van der Waals surface area contributed by atoms with E-state index in [9.17, 15) is 4.39 Å². The Morgan fingerprint density at radius 2 is 2.09 bits per heavy atom. The van der Waals surface area contributed by atoms with Crippen molar-refractivity contribution in [1.82, 2.24) is 19.7 Å². The van der Waals surface area contributed by atoms with Gasteiger partial charge in [0, 0.05) is 13.2 Å². The fraction of sp³-hybridized carbons (Fsp3) is 0.214. The number of ether oxygens (including phenoxy) is 2. The van der Waals surface area contributed by atoms with Gasteiger partial charge >= 0.3 is 0 Å². The van der Waals surface area contributed by atoms with Gasteiger partial charge in [0.2, 0.25) is 0 Å². The van der Waals surface area contributed by atoms with Gasteiger partial charge in [-0.3, -0.25) is 0 Å². The Kier molecular flexibility index (Phi) is 3.91. The molecule has 8 heteroatoms. The molecular formula is C14H12ClFN4O2. The van der Waals surface area contributed by atoms with E-state index in [2.05, 4.69) is 15.1 Å². The summed E-state index contributed by atoms with van der Waals surface area (Å²) >= 11 is 6.15. The van der Waals surface area contributed by atoms with Crippen LogP contribution in [-0.4, -0.2) is 34.0 Å². The number of halogens is 2. The molecule has 2 heterocycles. The maximum atomic E-state index is 13.3. The first-order valence-corrected chi connectivity index (χ1v) is 6.75. The molecule has 0 aliphatic carbocycles. The molecule has 0 saturated heterocycles. The highest BCUT2D eigenvalue weighted by molar-refractivity contribution is 6.33. The second-order valence-electron chi connectivity index (χ2n) is 4.47. The van der Waals surface area contributed by atoms with E-state index in [-0.39, 0.29) is 11.8 Å². The number of aromatic nitrogens is 4. The van der Waals surface area contributed by atoms with Crippen molar-refractivity contribution in [3.05, 3.63) is 41.2 Å². The zero-order valence-electron chi connectivity index (χ0n) is 11.9. The Balaban J connectivity index is 2.23. The molecule has 0 aliphatic rings. The number of benzene rings is 1. The number of nitrogens with zero attached hydrogens (tertiary/aromatic N) is 4. The molecule has 0 aliphatic heterocycles. The van der Waals surface area contributed by atoms with Crippen LogP contribution in [0.1, 0.15) is 5.82 Å². The topological polar surface area (TPSA) is 62.1 Å². The Labute approximate surface area is 130 Å². The van der Waals surface area contributed by atoms with Crippen LogP contribution >= 0.6 is 11.6 Å². The maximum absolute atomic E-state index is 13.3. The average Bonchev–Trinajstić information content (AvgIpc) is 2.92. The Morgan fingerprint density at radius 3 is 2.82 bits per heavy atom. The summed E-state index contributed by atoms with van der Waals surface area (Å²) in [6, 6.07) is 4.17. The first-order valence-electron chi connectivity index (χ1n) is 6.37. The van der Waals surface area contributed by atoms with Gasteiger partial charge in [0.25, 0.3) is 0 Å². The van der Waals surface area contributed by atoms with E-state index in [4.69, 9.17) is 21.1 Å². The van der Waals surface area contributed by atoms with Gasteiger partial charge < -0.3 is 9.47 Å². The third kappa shape index (κ3) is 2.49. The number of rotatable bonds is 4. The van der Waals surface area contributed by atoms with Crippen LogP contribution in [0.25, 0.3) is 16.7 Å². The number of hydrogen-bond acceptors (Lipinski definition) is 5. The van der Waals surface area contributed by atoms with Crippen molar-refractivity contribution in [3.8, 4) is 11.4 Å². The monoisotopic (exact) mass is 322 g/mol. The number of fused-ring (bicyclic) bond motifs is 1. The summed E-state index contributed by atoms with van der Waals surface area (Å²) in [4.78, 5) is 8.53. The van der Waals surface area contributed by atoms with Crippen LogP contribution in [0.4, 0.5) is 4.39 Å². The molecule has 22 heavy (non-hydrogen) atoms. The van der Waals surface area contributed by atoms with Gasteiger partial charge in [0.15, 0.2) is 11.5 Å². The minimum atomic E-state index is -0.398. The van der Waals surface area contributed by atoms with Gasteiger partial charge in [-0.05, 0) is 12.1 Å². The Morgan fingerprint density at radius 1 is 1.27 bits per heavy atom. The lowest BCUT2D eigenvalue weighted by atomic mass is 10.3. The molecule has 3 rings (SSSR count). The van der Waals surface area contributed by atoms with Crippen LogP contribution in [0.2, 0.25) is 5.15 Å². The van der Waals surface area contributed by atoms with E-state index in [0.717, 1.165) is 0 Å². The van der Waals surface area contributed by atoms with Crippen LogP contribution in [0.15, 0.2) is 24.4 Å². The third-order valence-electron chi connectivity index (χ3n) is 3.07. The quantitative estimate of drug-likeness (QED) is 0.691. The lowest BCUT2D eigenvalue weighted by Gasteiger charge is -2.09. The van der Waals surface area contributed by atoms with E-state index >= 15 is 0 Å². The molecule has 0 radical (unpaired) electrons. The lowest BCUT2D eigenvalue weighted by Crippen LogP contribution is -2.04. The highest BCUT2D eigenvalue weighted by atomic mass is 35.5. The lowest BCUT2D eigenvalue weighted by molar-refractivity contribution is 0.178. The average molecular weight is 323 g/mol. The molecule has 0 saturated carbocycles. The molecule has 2 aromatic heterocycles. The number of methoxy groups -OCH3 is 2. The van der Waals surface area contributed by atoms with Gasteiger partial charge in [-0.15, -0.1) is 0 Å². The van der Waals surface area contributed by atoms with E-state index in [0.29, 0.717) is 28.3 Å². The Bertz CT molecular complexity index is 837. The first kappa shape index (κ1) is 14.7. The molecule has 0 spiro atoms. The van der Waals surface area contributed by atoms with Gasteiger partial charge in [-0.2, -0.15) is 5.10 Å². The van der Waals surface area contributed by atoms with Crippen molar-refractivity contribution in [2.45, 2.75) is 6.61 Å². The predicted molar refractivity (Wildman–Crippen MR) is 78.9 cm³/mol. The summed E-state index contributed by atoms with van der Waals surface area (Å²) in [5.41, 5.74) is 1.05. The molecule has 0 bridgehead atoms. The van der Waals surface area contributed by atoms with Gasteiger partial charge in [-0.25, -0.2) is 19.0 Å². The van der Waals surface area contributed by atoms with Crippen LogP contribution in [0, 0.1) is 5.82 Å². The Hall–Kier alpha value is -2.25. The fourth-order valence-electron chi connectivity index (χ4n) is 2.11. The van der Waals surface area contributed by atoms with Crippen LogP contribution in [-0.2, 0) is 11.3 Å². The molecule has 0 atom stereocenters. The molecule has 6 nitrogen and oxygen atoms in total. The molecule has 0 unspecified atom stereocenters. The maximum Gasteiger partial charge on any atom is 0.168 e. The first-order chi connectivity index (χ1) is 10.6. The molecule has 0 N–H and O–H groups in total. The van der Waals surface area contributed by atoms with Gasteiger partial charge in [0.1, 0.15) is 29.0 Å². The van der Waals surface area contributed by atoms with Crippen LogP contribution < -0.4 is 4.74 Å². The second kappa shape index (κ2) is 5.86. The second-order valence-corrected chi connectivity index (χ2v) is 4.83. The molecule has 3 aromatic rings. The van der Waals surface area contributed by atoms with Crippen molar-refractivity contribution < 1.29 is 13.9 Å². The van der Waals surface area contributed by atoms with Crippen molar-refractivity contribution in [3.63, 3.8) is 0 Å². The highest BCUT2D eigenvalue weighted by Gasteiger charge is 2.15.